The minimum absolute atomic E-state index is 0.208. The highest BCUT2D eigenvalue weighted by molar-refractivity contribution is 5.85. The monoisotopic (exact) mass is 437 g/mol. The molecule has 0 unspecified atom stereocenters. The number of nitrogens with one attached hydrogen (secondary N) is 2. The van der Waals surface area contributed by atoms with Gasteiger partial charge in [0.15, 0.2) is 5.96 Å². The third-order valence-electron chi connectivity index (χ3n) is 5.81. The van der Waals surface area contributed by atoms with Crippen molar-refractivity contribution in [3.05, 3.63) is 59.9 Å². The molecule has 1 aliphatic rings. The summed E-state index contributed by atoms with van der Waals surface area (Å²) < 4.78 is 5.80. The first-order valence-corrected chi connectivity index (χ1v) is 11.4. The van der Waals surface area contributed by atoms with Crippen LogP contribution in [-0.4, -0.2) is 48.9 Å². The van der Waals surface area contributed by atoms with Crippen LogP contribution in [0.1, 0.15) is 43.9 Å². The predicted molar refractivity (Wildman–Crippen MR) is 127 cm³/mol. The Morgan fingerprint density at radius 1 is 1.12 bits per heavy atom. The van der Waals surface area contributed by atoms with Crippen LogP contribution in [0.15, 0.2) is 53.7 Å². The molecular formula is C25H35N5O2. The van der Waals surface area contributed by atoms with Gasteiger partial charge in [-0.15, -0.1) is 0 Å². The topological polar surface area (TPSA) is 78.9 Å². The van der Waals surface area contributed by atoms with Crippen LogP contribution < -0.4 is 15.4 Å². The van der Waals surface area contributed by atoms with Crippen molar-refractivity contribution in [3.8, 4) is 5.75 Å². The molecule has 1 aromatic carbocycles. The molecule has 1 saturated carbocycles. The van der Waals surface area contributed by atoms with Crippen molar-refractivity contribution in [3.63, 3.8) is 0 Å². The molecule has 0 saturated heterocycles. The van der Waals surface area contributed by atoms with Crippen molar-refractivity contribution in [1.82, 2.24) is 20.5 Å². The lowest BCUT2D eigenvalue weighted by Gasteiger charge is -2.31. The first-order valence-electron chi connectivity index (χ1n) is 11.4. The van der Waals surface area contributed by atoms with Crippen LogP contribution in [0.5, 0.6) is 5.75 Å². The maximum absolute atomic E-state index is 12.8. The van der Waals surface area contributed by atoms with Crippen LogP contribution >= 0.6 is 0 Å². The van der Waals surface area contributed by atoms with E-state index in [1.54, 1.807) is 11.1 Å². The molecule has 1 aliphatic carbocycles. The van der Waals surface area contributed by atoms with E-state index in [0.717, 1.165) is 55.2 Å². The number of guanidine groups is 1. The highest BCUT2D eigenvalue weighted by Crippen LogP contribution is 2.38. The van der Waals surface area contributed by atoms with E-state index in [1.807, 2.05) is 63.5 Å². The normalized spacial score (nSPS) is 15.3. The second-order valence-corrected chi connectivity index (χ2v) is 8.49. The number of carbonyl (C=O) groups excluding carboxylic acids is 1. The van der Waals surface area contributed by atoms with Crippen LogP contribution in [0.4, 0.5) is 0 Å². The SMILES string of the molecule is CCNC(=NCc1ccc(OCc2ccccn2)cc1)NCC1(C(=O)N(C)C)CCCC1. The molecule has 7 heteroatoms. The summed E-state index contributed by atoms with van der Waals surface area (Å²) in [4.78, 5) is 23.5. The van der Waals surface area contributed by atoms with Crippen molar-refractivity contribution in [2.24, 2.45) is 10.4 Å². The van der Waals surface area contributed by atoms with E-state index in [-0.39, 0.29) is 11.3 Å². The summed E-state index contributed by atoms with van der Waals surface area (Å²) in [5.41, 5.74) is 1.66. The molecule has 2 aromatic rings. The van der Waals surface area contributed by atoms with E-state index >= 15 is 0 Å². The van der Waals surface area contributed by atoms with E-state index in [1.165, 1.54) is 0 Å². The molecule has 0 aliphatic heterocycles. The van der Waals surface area contributed by atoms with Gasteiger partial charge in [-0.1, -0.05) is 31.0 Å². The zero-order valence-corrected chi connectivity index (χ0v) is 19.4. The Balaban J connectivity index is 1.56. The molecule has 0 bridgehead atoms. The molecule has 32 heavy (non-hydrogen) atoms. The summed E-state index contributed by atoms with van der Waals surface area (Å²) in [6, 6.07) is 13.7. The lowest BCUT2D eigenvalue weighted by molar-refractivity contribution is -0.138. The fourth-order valence-electron chi connectivity index (χ4n) is 4.09. The largest absolute Gasteiger partial charge is 0.487 e. The molecule has 1 amide bonds. The number of carbonyl (C=O) groups is 1. The van der Waals surface area contributed by atoms with Crippen molar-refractivity contribution in [2.75, 3.05) is 27.2 Å². The van der Waals surface area contributed by atoms with Gasteiger partial charge in [0.25, 0.3) is 0 Å². The van der Waals surface area contributed by atoms with Crippen molar-refractivity contribution >= 4 is 11.9 Å². The van der Waals surface area contributed by atoms with Crippen LogP contribution in [0.2, 0.25) is 0 Å². The third kappa shape index (κ3) is 6.45. The number of aromatic nitrogens is 1. The second-order valence-electron chi connectivity index (χ2n) is 8.49. The van der Waals surface area contributed by atoms with Crippen LogP contribution in [0.25, 0.3) is 0 Å². The highest BCUT2D eigenvalue weighted by Gasteiger charge is 2.42. The van der Waals surface area contributed by atoms with Gasteiger partial charge >= 0.3 is 0 Å². The standard InChI is InChI=1S/C25H35N5O2/c1-4-26-24(29-19-25(14-6-7-15-25)23(31)30(2)3)28-17-20-10-12-22(13-11-20)32-18-21-9-5-8-16-27-21/h5,8-13,16H,4,6-7,14-15,17-19H2,1-3H3,(H2,26,28,29). The van der Waals surface area contributed by atoms with Gasteiger partial charge in [0.1, 0.15) is 12.4 Å². The van der Waals surface area contributed by atoms with E-state index in [9.17, 15) is 4.79 Å². The summed E-state index contributed by atoms with van der Waals surface area (Å²) in [6.45, 7) is 4.41. The Hall–Kier alpha value is -3.09. The van der Waals surface area contributed by atoms with Crippen LogP contribution in [0.3, 0.4) is 0 Å². The average Bonchev–Trinajstić information content (AvgIpc) is 3.30. The van der Waals surface area contributed by atoms with Gasteiger partial charge in [0.05, 0.1) is 17.7 Å². The minimum atomic E-state index is -0.327. The number of nitrogens with zero attached hydrogens (tertiary/aromatic N) is 3. The Morgan fingerprint density at radius 3 is 2.50 bits per heavy atom. The average molecular weight is 438 g/mol. The van der Waals surface area contributed by atoms with E-state index < -0.39 is 0 Å². The highest BCUT2D eigenvalue weighted by atomic mass is 16.5. The second kappa shape index (κ2) is 11.5. The maximum Gasteiger partial charge on any atom is 0.230 e. The van der Waals surface area contributed by atoms with Gasteiger partial charge in [0.2, 0.25) is 5.91 Å². The van der Waals surface area contributed by atoms with Gasteiger partial charge in [-0.2, -0.15) is 0 Å². The minimum Gasteiger partial charge on any atom is -0.487 e. The smallest absolute Gasteiger partial charge is 0.230 e. The van der Waals surface area contributed by atoms with Crippen molar-refractivity contribution in [2.45, 2.75) is 45.8 Å². The van der Waals surface area contributed by atoms with Gasteiger partial charge in [-0.25, -0.2) is 4.99 Å². The van der Waals surface area contributed by atoms with E-state index in [4.69, 9.17) is 9.73 Å². The molecular weight excluding hydrogens is 402 g/mol. The van der Waals surface area contributed by atoms with Gasteiger partial charge < -0.3 is 20.3 Å². The number of hydrogen-bond acceptors (Lipinski definition) is 4. The summed E-state index contributed by atoms with van der Waals surface area (Å²) in [5, 5.41) is 6.71. The zero-order chi connectivity index (χ0) is 22.8. The first-order chi connectivity index (χ1) is 15.5. The number of hydrogen-bond donors (Lipinski definition) is 2. The van der Waals surface area contributed by atoms with E-state index in [0.29, 0.717) is 19.7 Å². The van der Waals surface area contributed by atoms with Gasteiger partial charge in [-0.3, -0.25) is 9.78 Å². The summed E-state index contributed by atoms with van der Waals surface area (Å²) in [6.07, 6.45) is 5.82. The zero-order valence-electron chi connectivity index (χ0n) is 19.4. The molecule has 2 N–H and O–H groups in total. The van der Waals surface area contributed by atoms with Crippen molar-refractivity contribution in [1.29, 1.82) is 0 Å². The molecule has 0 atom stereocenters. The number of rotatable bonds is 9. The summed E-state index contributed by atoms with van der Waals surface area (Å²) >= 11 is 0. The molecule has 0 spiro atoms. The molecule has 0 radical (unpaired) electrons. The Morgan fingerprint density at radius 2 is 1.88 bits per heavy atom. The molecule has 3 rings (SSSR count). The molecule has 7 nitrogen and oxygen atoms in total. The van der Waals surface area contributed by atoms with Crippen LogP contribution in [-0.2, 0) is 17.9 Å². The lowest BCUT2D eigenvalue weighted by atomic mass is 9.84. The summed E-state index contributed by atoms with van der Waals surface area (Å²) in [7, 11) is 3.68. The molecule has 1 heterocycles. The number of pyridine rings is 1. The van der Waals surface area contributed by atoms with Crippen LogP contribution in [0, 0.1) is 5.41 Å². The Labute approximate surface area is 191 Å². The van der Waals surface area contributed by atoms with Gasteiger partial charge in [0, 0.05) is 33.4 Å². The fourth-order valence-corrected chi connectivity index (χ4v) is 4.09. The number of ether oxygens (including phenoxy) is 1. The Bertz CT molecular complexity index is 875. The number of aliphatic imine (C=N–C) groups is 1. The van der Waals surface area contributed by atoms with E-state index in [2.05, 4.69) is 15.6 Å². The van der Waals surface area contributed by atoms with Gasteiger partial charge in [-0.05, 0) is 49.6 Å². The number of amides is 1. The Kier molecular flexibility index (Phi) is 8.48. The molecule has 1 aromatic heterocycles. The summed E-state index contributed by atoms with van der Waals surface area (Å²) in [5.74, 6) is 1.75. The molecule has 1 fully saturated rings. The molecule has 172 valence electrons. The lowest BCUT2D eigenvalue weighted by Crippen LogP contribution is -2.49. The first kappa shape index (κ1) is 23.6. The third-order valence-corrected chi connectivity index (χ3v) is 5.81. The number of benzene rings is 1. The van der Waals surface area contributed by atoms with Crippen molar-refractivity contribution < 1.29 is 9.53 Å². The maximum atomic E-state index is 12.8. The fraction of sp³-hybridized carbons (Fsp3) is 0.480. The predicted octanol–water partition coefficient (Wildman–Crippen LogP) is 3.36. The quantitative estimate of drug-likeness (QED) is 0.465.